The van der Waals surface area contributed by atoms with Gasteiger partial charge in [0.25, 0.3) is 5.91 Å². The maximum Gasteiger partial charge on any atom is 0.276 e. The van der Waals surface area contributed by atoms with Crippen LogP contribution in [0.4, 0.5) is 10.1 Å². The molecule has 26 heavy (non-hydrogen) atoms. The van der Waals surface area contributed by atoms with Gasteiger partial charge in [-0.3, -0.25) is 9.48 Å². The summed E-state index contributed by atoms with van der Waals surface area (Å²) in [5, 5.41) is 7.77. The van der Waals surface area contributed by atoms with Gasteiger partial charge in [0.1, 0.15) is 11.9 Å². The van der Waals surface area contributed by atoms with Gasteiger partial charge < -0.3 is 10.1 Å². The van der Waals surface area contributed by atoms with E-state index in [1.54, 1.807) is 47.1 Å². The molecular formula is C19H15ClFN3O2. The van der Waals surface area contributed by atoms with E-state index in [4.69, 9.17) is 16.3 Å². The Hall–Kier alpha value is -2.70. The minimum Gasteiger partial charge on any atom is -0.365 e. The Morgan fingerprint density at radius 3 is 2.65 bits per heavy atom. The minimum absolute atomic E-state index is 0.227. The molecule has 0 bridgehead atoms. The highest BCUT2D eigenvalue weighted by Crippen LogP contribution is 2.27. The van der Waals surface area contributed by atoms with Gasteiger partial charge in [-0.15, -0.1) is 0 Å². The summed E-state index contributed by atoms with van der Waals surface area (Å²) in [5.74, 6) is -0.585. The van der Waals surface area contributed by atoms with Crippen molar-refractivity contribution in [2.24, 2.45) is 0 Å². The van der Waals surface area contributed by atoms with E-state index in [0.717, 1.165) is 11.3 Å². The maximum absolute atomic E-state index is 13.1. The molecule has 0 spiro atoms. The molecular weight excluding hydrogens is 357 g/mol. The van der Waals surface area contributed by atoms with Crippen molar-refractivity contribution in [2.45, 2.75) is 19.3 Å². The van der Waals surface area contributed by atoms with Crippen molar-refractivity contribution in [2.75, 3.05) is 5.32 Å². The number of hydrogen-bond donors (Lipinski definition) is 1. The smallest absolute Gasteiger partial charge is 0.276 e. The van der Waals surface area contributed by atoms with E-state index in [0.29, 0.717) is 29.6 Å². The predicted octanol–water partition coefficient (Wildman–Crippen LogP) is 4.20. The van der Waals surface area contributed by atoms with Gasteiger partial charge in [0.05, 0.1) is 18.8 Å². The SMILES string of the molecule is O=C(Nc1ccc(Cl)cc1)c1cc2n(n1)CC(c1ccc(F)cc1)OC2. The average Bonchev–Trinajstić information content (AvgIpc) is 3.08. The van der Waals surface area contributed by atoms with Crippen LogP contribution in [0.1, 0.15) is 27.8 Å². The number of benzene rings is 2. The second kappa shape index (κ2) is 6.90. The molecule has 3 aromatic rings. The van der Waals surface area contributed by atoms with Gasteiger partial charge in [0, 0.05) is 10.7 Å². The third kappa shape index (κ3) is 3.47. The van der Waals surface area contributed by atoms with E-state index in [1.165, 1.54) is 12.1 Å². The lowest BCUT2D eigenvalue weighted by atomic mass is 10.1. The summed E-state index contributed by atoms with van der Waals surface area (Å²) in [6.45, 7) is 0.804. The lowest BCUT2D eigenvalue weighted by Crippen LogP contribution is -2.22. The molecule has 132 valence electrons. The largest absolute Gasteiger partial charge is 0.365 e. The number of carbonyl (C=O) groups excluding carboxylic acids is 1. The number of nitrogens with one attached hydrogen (secondary N) is 1. The lowest BCUT2D eigenvalue weighted by molar-refractivity contribution is -0.00122. The number of rotatable bonds is 3. The Balaban J connectivity index is 1.49. The Kier molecular flexibility index (Phi) is 4.44. The molecule has 0 fully saturated rings. The summed E-state index contributed by atoms with van der Waals surface area (Å²) < 4.78 is 20.7. The number of halogens is 2. The lowest BCUT2D eigenvalue weighted by Gasteiger charge is -2.24. The number of nitrogens with zero attached hydrogens (tertiary/aromatic N) is 2. The summed E-state index contributed by atoms with van der Waals surface area (Å²) in [4.78, 5) is 12.4. The molecule has 0 radical (unpaired) electrons. The van der Waals surface area contributed by atoms with Crippen LogP contribution in [0.5, 0.6) is 0 Å². The molecule has 1 aliphatic heterocycles. The van der Waals surface area contributed by atoms with Gasteiger partial charge in [0.2, 0.25) is 0 Å². The Morgan fingerprint density at radius 1 is 1.19 bits per heavy atom. The highest BCUT2D eigenvalue weighted by atomic mass is 35.5. The van der Waals surface area contributed by atoms with Crippen molar-refractivity contribution < 1.29 is 13.9 Å². The predicted molar refractivity (Wildman–Crippen MR) is 95.6 cm³/mol. The molecule has 1 aromatic heterocycles. The normalized spacial score (nSPS) is 16.2. The minimum atomic E-state index is -0.299. The first-order valence-electron chi connectivity index (χ1n) is 8.09. The molecule has 2 aromatic carbocycles. The number of amides is 1. The zero-order valence-electron chi connectivity index (χ0n) is 13.7. The first-order chi connectivity index (χ1) is 12.6. The molecule has 0 saturated carbocycles. The molecule has 4 rings (SSSR count). The third-order valence-electron chi connectivity index (χ3n) is 4.21. The van der Waals surface area contributed by atoms with Crippen molar-refractivity contribution in [1.82, 2.24) is 9.78 Å². The summed E-state index contributed by atoms with van der Waals surface area (Å²) in [7, 11) is 0. The van der Waals surface area contributed by atoms with Crippen molar-refractivity contribution >= 4 is 23.2 Å². The zero-order valence-corrected chi connectivity index (χ0v) is 14.4. The van der Waals surface area contributed by atoms with Crippen molar-refractivity contribution in [3.8, 4) is 0 Å². The fourth-order valence-corrected chi connectivity index (χ4v) is 2.97. The molecule has 1 N–H and O–H groups in total. The summed E-state index contributed by atoms with van der Waals surface area (Å²) in [5.41, 5.74) is 2.66. The van der Waals surface area contributed by atoms with Crippen LogP contribution < -0.4 is 5.32 Å². The van der Waals surface area contributed by atoms with Crippen LogP contribution in [0.3, 0.4) is 0 Å². The van der Waals surface area contributed by atoms with Crippen molar-refractivity contribution in [1.29, 1.82) is 0 Å². The Labute approximate surface area is 154 Å². The topological polar surface area (TPSA) is 56.2 Å². The zero-order chi connectivity index (χ0) is 18.1. The van der Waals surface area contributed by atoms with E-state index in [9.17, 15) is 9.18 Å². The molecule has 1 unspecified atom stereocenters. The van der Waals surface area contributed by atoms with E-state index in [-0.39, 0.29) is 17.8 Å². The fraction of sp³-hybridized carbons (Fsp3) is 0.158. The monoisotopic (exact) mass is 371 g/mol. The van der Waals surface area contributed by atoms with Crippen LogP contribution in [-0.4, -0.2) is 15.7 Å². The van der Waals surface area contributed by atoms with Gasteiger partial charge in [-0.05, 0) is 48.0 Å². The van der Waals surface area contributed by atoms with Crippen molar-refractivity contribution in [3.05, 3.63) is 82.4 Å². The molecule has 5 nitrogen and oxygen atoms in total. The van der Waals surface area contributed by atoms with Crippen LogP contribution in [0.15, 0.2) is 54.6 Å². The van der Waals surface area contributed by atoms with Crippen LogP contribution in [-0.2, 0) is 17.9 Å². The molecule has 1 atom stereocenters. The molecule has 1 aliphatic rings. The van der Waals surface area contributed by atoms with E-state index >= 15 is 0 Å². The molecule has 0 saturated heterocycles. The summed E-state index contributed by atoms with van der Waals surface area (Å²) in [6, 6.07) is 14.8. The quantitative estimate of drug-likeness (QED) is 0.750. The van der Waals surface area contributed by atoms with Crippen LogP contribution >= 0.6 is 11.6 Å². The van der Waals surface area contributed by atoms with E-state index in [1.807, 2.05) is 0 Å². The molecule has 7 heteroatoms. The second-order valence-corrected chi connectivity index (χ2v) is 6.45. The number of ether oxygens (including phenoxy) is 1. The Morgan fingerprint density at radius 2 is 1.92 bits per heavy atom. The van der Waals surface area contributed by atoms with Gasteiger partial charge in [-0.2, -0.15) is 5.10 Å². The van der Waals surface area contributed by atoms with Crippen LogP contribution in [0.25, 0.3) is 0 Å². The summed E-state index contributed by atoms with van der Waals surface area (Å²) >= 11 is 5.84. The van der Waals surface area contributed by atoms with Gasteiger partial charge in [-0.1, -0.05) is 23.7 Å². The van der Waals surface area contributed by atoms with E-state index in [2.05, 4.69) is 10.4 Å². The van der Waals surface area contributed by atoms with Crippen LogP contribution in [0, 0.1) is 5.82 Å². The average molecular weight is 372 g/mol. The first kappa shape index (κ1) is 16.8. The van der Waals surface area contributed by atoms with Crippen LogP contribution in [0.2, 0.25) is 5.02 Å². The second-order valence-electron chi connectivity index (χ2n) is 6.02. The maximum atomic E-state index is 13.1. The number of fused-ring (bicyclic) bond motifs is 1. The number of aromatic nitrogens is 2. The summed E-state index contributed by atoms with van der Waals surface area (Å²) in [6.07, 6.45) is -0.227. The number of anilines is 1. The standard InChI is InChI=1S/C19H15ClFN3O2/c20-13-3-7-15(8-4-13)22-19(25)17-9-16-11-26-18(10-24(16)23-17)12-1-5-14(21)6-2-12/h1-9,18H,10-11H2,(H,22,25). The first-order valence-corrected chi connectivity index (χ1v) is 8.47. The molecule has 1 amide bonds. The Bertz CT molecular complexity index is 938. The number of carbonyl (C=O) groups is 1. The van der Waals surface area contributed by atoms with Crippen molar-refractivity contribution in [3.63, 3.8) is 0 Å². The van der Waals surface area contributed by atoms with Gasteiger partial charge >= 0.3 is 0 Å². The highest BCUT2D eigenvalue weighted by Gasteiger charge is 2.24. The molecule has 2 heterocycles. The van der Waals surface area contributed by atoms with E-state index < -0.39 is 0 Å². The highest BCUT2D eigenvalue weighted by molar-refractivity contribution is 6.30. The van der Waals surface area contributed by atoms with Gasteiger partial charge in [0.15, 0.2) is 5.69 Å². The third-order valence-corrected chi connectivity index (χ3v) is 4.46. The van der Waals surface area contributed by atoms with Gasteiger partial charge in [-0.25, -0.2) is 4.39 Å². The number of hydrogen-bond acceptors (Lipinski definition) is 3. The molecule has 0 aliphatic carbocycles. The fourth-order valence-electron chi connectivity index (χ4n) is 2.84.